The van der Waals surface area contributed by atoms with Crippen LogP contribution in [0.3, 0.4) is 0 Å². The fourth-order valence-electron chi connectivity index (χ4n) is 1.35. The van der Waals surface area contributed by atoms with E-state index in [4.69, 9.17) is 0 Å². The molecule has 0 N–H and O–H groups in total. The van der Waals surface area contributed by atoms with Crippen LogP contribution in [-0.4, -0.2) is 15.2 Å². The average Bonchev–Trinajstić information content (AvgIpc) is 2.31. The molecule has 0 saturated heterocycles. The summed E-state index contributed by atoms with van der Waals surface area (Å²) in [4.78, 5) is -0.852. The molecule has 0 aliphatic rings. The summed E-state index contributed by atoms with van der Waals surface area (Å²) in [6.45, 7) is 0.676. The summed E-state index contributed by atoms with van der Waals surface area (Å²) in [5.74, 6) is -1.95. The lowest BCUT2D eigenvalue weighted by molar-refractivity contribution is 0.139. The predicted octanol–water partition coefficient (Wildman–Crippen LogP) is 1.88. The van der Waals surface area contributed by atoms with E-state index in [9.17, 15) is 21.8 Å². The van der Waals surface area contributed by atoms with Crippen LogP contribution >= 0.6 is 8.69 Å². The van der Waals surface area contributed by atoms with Crippen molar-refractivity contribution in [3.8, 4) is 0 Å². The van der Waals surface area contributed by atoms with Crippen molar-refractivity contribution in [3.05, 3.63) is 29.3 Å². The number of hydrogen-bond acceptors (Lipinski definition) is 5. The van der Waals surface area contributed by atoms with Gasteiger partial charge >= 0.3 is 10.1 Å². The van der Waals surface area contributed by atoms with E-state index in [-0.39, 0.29) is 12.0 Å². The third kappa shape index (κ3) is 3.35. The Kier molecular flexibility index (Phi) is 5.40. The van der Waals surface area contributed by atoms with Crippen molar-refractivity contribution in [2.45, 2.75) is 18.2 Å². The molecule has 1 unspecified atom stereocenters. The SMILES string of the molecule is CCc1c(F)ccc(F)c1S(=O)(=O)OCO[PH2]=O. The Morgan fingerprint density at radius 2 is 1.89 bits per heavy atom. The van der Waals surface area contributed by atoms with Gasteiger partial charge in [-0.05, 0) is 18.6 Å². The highest BCUT2D eigenvalue weighted by atomic mass is 32.2. The van der Waals surface area contributed by atoms with Crippen molar-refractivity contribution in [2.75, 3.05) is 6.79 Å². The summed E-state index contributed by atoms with van der Waals surface area (Å²) in [7, 11) is -6.14. The summed E-state index contributed by atoms with van der Waals surface area (Å²) < 4.78 is 68.8. The highest BCUT2D eigenvalue weighted by molar-refractivity contribution is 7.86. The predicted molar refractivity (Wildman–Crippen MR) is 60.4 cm³/mol. The fourth-order valence-corrected chi connectivity index (χ4v) is 2.73. The van der Waals surface area contributed by atoms with E-state index in [0.29, 0.717) is 6.07 Å². The van der Waals surface area contributed by atoms with Crippen molar-refractivity contribution >= 4 is 18.8 Å². The highest BCUT2D eigenvalue weighted by Gasteiger charge is 2.26. The zero-order valence-corrected chi connectivity index (χ0v) is 11.3. The molecule has 18 heavy (non-hydrogen) atoms. The maximum atomic E-state index is 13.5. The first-order valence-corrected chi connectivity index (χ1v) is 7.20. The molecule has 0 fully saturated rings. The van der Waals surface area contributed by atoms with Gasteiger partial charge in [0.2, 0.25) is 0 Å². The number of benzene rings is 1. The van der Waals surface area contributed by atoms with Gasteiger partial charge in [-0.25, -0.2) is 13.0 Å². The van der Waals surface area contributed by atoms with Gasteiger partial charge in [0.25, 0.3) is 0 Å². The molecule has 0 saturated carbocycles. The summed E-state index contributed by atoms with van der Waals surface area (Å²) >= 11 is 0. The summed E-state index contributed by atoms with van der Waals surface area (Å²) in [5.41, 5.74) is -0.301. The molecule has 1 aromatic rings. The second kappa shape index (κ2) is 6.38. The van der Waals surface area contributed by atoms with Gasteiger partial charge in [-0.2, -0.15) is 8.42 Å². The molecule has 1 atom stereocenters. The lowest BCUT2D eigenvalue weighted by atomic mass is 10.1. The van der Waals surface area contributed by atoms with E-state index in [1.54, 1.807) is 0 Å². The first-order chi connectivity index (χ1) is 8.44. The third-order valence-corrected chi connectivity index (χ3v) is 3.72. The molecule has 102 valence electrons. The maximum Gasteiger partial charge on any atom is 0.302 e. The fraction of sp³-hybridized carbons (Fsp3) is 0.333. The molecule has 1 aromatic carbocycles. The van der Waals surface area contributed by atoms with Gasteiger partial charge in [-0.15, -0.1) is 0 Å². The van der Waals surface area contributed by atoms with Crippen LogP contribution in [0.1, 0.15) is 12.5 Å². The van der Waals surface area contributed by atoms with Crippen LogP contribution in [0.5, 0.6) is 0 Å². The molecular formula is C9H11F2O5PS. The molecule has 1 rings (SSSR count). The van der Waals surface area contributed by atoms with Crippen LogP contribution < -0.4 is 0 Å². The quantitative estimate of drug-likeness (QED) is 0.347. The van der Waals surface area contributed by atoms with Gasteiger partial charge in [-0.3, -0.25) is 4.57 Å². The van der Waals surface area contributed by atoms with E-state index in [0.717, 1.165) is 6.07 Å². The molecule has 0 heterocycles. The van der Waals surface area contributed by atoms with Gasteiger partial charge < -0.3 is 4.52 Å². The molecule has 0 aliphatic heterocycles. The van der Waals surface area contributed by atoms with E-state index in [1.165, 1.54) is 6.92 Å². The number of hydrogen-bond donors (Lipinski definition) is 0. The van der Waals surface area contributed by atoms with Crippen molar-refractivity contribution in [1.29, 1.82) is 0 Å². The smallest absolute Gasteiger partial charge is 0.302 e. The van der Waals surface area contributed by atoms with Crippen molar-refractivity contribution in [1.82, 2.24) is 0 Å². The second-order valence-corrected chi connectivity index (χ2v) is 5.22. The third-order valence-electron chi connectivity index (χ3n) is 2.10. The van der Waals surface area contributed by atoms with Gasteiger partial charge in [0.05, 0.1) is 0 Å². The van der Waals surface area contributed by atoms with Crippen molar-refractivity contribution in [2.24, 2.45) is 0 Å². The zero-order valence-electron chi connectivity index (χ0n) is 9.35. The molecule has 0 bridgehead atoms. The van der Waals surface area contributed by atoms with Gasteiger partial charge in [0.1, 0.15) is 16.5 Å². The molecule has 0 aromatic heterocycles. The van der Waals surface area contributed by atoms with Crippen LogP contribution in [0, 0.1) is 11.6 Å². The minimum absolute atomic E-state index is 0.0187. The van der Waals surface area contributed by atoms with E-state index >= 15 is 0 Å². The highest BCUT2D eigenvalue weighted by Crippen LogP contribution is 2.25. The Balaban J connectivity index is 3.22. The van der Waals surface area contributed by atoms with Crippen LogP contribution in [0.2, 0.25) is 0 Å². The standard InChI is InChI=1S/C9H11F2O5PS/c1-2-6-7(10)3-4-8(11)9(6)18(13,14)16-5-15-17-12/h3-4H,2,5,17H2,1H3. The molecular weight excluding hydrogens is 289 g/mol. The molecule has 5 nitrogen and oxygen atoms in total. The first-order valence-electron chi connectivity index (χ1n) is 4.85. The van der Waals surface area contributed by atoms with Crippen LogP contribution in [-0.2, 0) is 29.8 Å². The largest absolute Gasteiger partial charge is 0.304 e. The van der Waals surface area contributed by atoms with Crippen molar-refractivity contribution in [3.63, 3.8) is 0 Å². The number of halogens is 2. The minimum Gasteiger partial charge on any atom is -0.304 e. The van der Waals surface area contributed by atoms with Crippen LogP contribution in [0.25, 0.3) is 0 Å². The van der Waals surface area contributed by atoms with E-state index in [2.05, 4.69) is 8.71 Å². The lowest BCUT2D eigenvalue weighted by Gasteiger charge is -2.10. The Morgan fingerprint density at radius 3 is 2.44 bits per heavy atom. The summed E-state index contributed by atoms with van der Waals surface area (Å²) in [6, 6.07) is 1.54. The van der Waals surface area contributed by atoms with Gasteiger partial charge in [0.15, 0.2) is 15.5 Å². The first kappa shape index (κ1) is 15.2. The van der Waals surface area contributed by atoms with Gasteiger partial charge in [0, 0.05) is 5.56 Å². The Hall–Kier alpha value is -0.820. The maximum absolute atomic E-state index is 13.5. The minimum atomic E-state index is -4.49. The topological polar surface area (TPSA) is 69.7 Å². The molecule has 9 heteroatoms. The Morgan fingerprint density at radius 1 is 1.28 bits per heavy atom. The van der Waals surface area contributed by atoms with Gasteiger partial charge in [-0.1, -0.05) is 6.92 Å². The van der Waals surface area contributed by atoms with Crippen molar-refractivity contribution < 1.29 is 30.5 Å². The van der Waals surface area contributed by atoms with E-state index < -0.39 is 42.1 Å². The molecule has 0 spiro atoms. The van der Waals surface area contributed by atoms with Crippen LogP contribution in [0.4, 0.5) is 8.78 Å². The Bertz CT molecular complexity index is 546. The van der Waals surface area contributed by atoms with Crippen LogP contribution in [0.15, 0.2) is 17.0 Å². The average molecular weight is 300 g/mol. The second-order valence-electron chi connectivity index (χ2n) is 3.14. The lowest BCUT2D eigenvalue weighted by Crippen LogP contribution is -2.13. The van der Waals surface area contributed by atoms with E-state index in [1.807, 2.05) is 0 Å². The normalized spacial score (nSPS) is 12.4. The Labute approximate surface area is 104 Å². The molecule has 0 radical (unpaired) electrons. The molecule has 0 aliphatic carbocycles. The number of rotatable bonds is 6. The summed E-state index contributed by atoms with van der Waals surface area (Å²) in [5, 5.41) is 0. The monoisotopic (exact) mass is 300 g/mol. The summed E-state index contributed by atoms with van der Waals surface area (Å²) in [6.07, 6.45) is -0.0187. The zero-order chi connectivity index (χ0) is 13.8. The molecule has 0 amide bonds.